The second-order valence-electron chi connectivity index (χ2n) is 3.27. The van der Waals surface area contributed by atoms with Crippen molar-refractivity contribution in [2.24, 2.45) is 0 Å². The summed E-state index contributed by atoms with van der Waals surface area (Å²) >= 11 is 0. The Balaban J connectivity index is 2.80. The van der Waals surface area contributed by atoms with Gasteiger partial charge in [-0.2, -0.15) is 8.78 Å². The largest absolute Gasteiger partial charge is 0.397 e. The molecule has 0 bridgehead atoms. The van der Waals surface area contributed by atoms with Crippen LogP contribution in [-0.4, -0.2) is 18.9 Å². The lowest BCUT2D eigenvalue weighted by atomic mass is 10.2. The van der Waals surface area contributed by atoms with Crippen LogP contribution in [-0.2, 0) is 0 Å². The van der Waals surface area contributed by atoms with Gasteiger partial charge in [-0.05, 0) is 0 Å². The molecule has 0 amide bonds. The number of alkyl halides is 4. The molecule has 1 aromatic carbocycles. The number of halogens is 6. The Bertz CT molecular complexity index is 407. The average Bonchev–Trinajstić information content (AvgIpc) is 2.21. The van der Waals surface area contributed by atoms with Crippen LogP contribution in [0.4, 0.5) is 37.7 Å². The molecule has 0 heterocycles. The number of nitrogens with two attached hydrogens (primary N) is 1. The molecule has 0 spiro atoms. The molecule has 2 nitrogen and oxygen atoms in total. The second kappa shape index (κ2) is 4.72. The highest BCUT2D eigenvalue weighted by molar-refractivity contribution is 5.66. The van der Waals surface area contributed by atoms with Crippen LogP contribution in [0.1, 0.15) is 0 Å². The van der Waals surface area contributed by atoms with Gasteiger partial charge in [0, 0.05) is 12.1 Å². The number of hydrogen-bond acceptors (Lipinski definition) is 2. The van der Waals surface area contributed by atoms with Gasteiger partial charge >= 0.3 is 12.3 Å². The van der Waals surface area contributed by atoms with Crippen LogP contribution in [0.15, 0.2) is 12.1 Å². The van der Waals surface area contributed by atoms with Gasteiger partial charge in [-0.3, -0.25) is 0 Å². The first kappa shape index (κ1) is 13.5. The predicted octanol–water partition coefficient (Wildman–Crippen LogP) is 2.86. The molecule has 0 saturated heterocycles. The Morgan fingerprint density at radius 3 is 2.24 bits per heavy atom. The Labute approximate surface area is 92.4 Å². The minimum atomic E-state index is -4.28. The lowest BCUT2D eigenvalue weighted by molar-refractivity contribution is -0.117. The van der Waals surface area contributed by atoms with Crippen molar-refractivity contribution in [1.29, 1.82) is 0 Å². The summed E-state index contributed by atoms with van der Waals surface area (Å²) in [5.74, 6) is -6.85. The zero-order valence-corrected chi connectivity index (χ0v) is 8.28. The molecule has 1 rings (SSSR count). The van der Waals surface area contributed by atoms with Crippen molar-refractivity contribution < 1.29 is 26.3 Å². The van der Waals surface area contributed by atoms with Crippen molar-refractivity contribution in [3.63, 3.8) is 0 Å². The fourth-order valence-corrected chi connectivity index (χ4v) is 1.01. The van der Waals surface area contributed by atoms with E-state index < -0.39 is 30.5 Å². The quantitative estimate of drug-likeness (QED) is 0.643. The van der Waals surface area contributed by atoms with Crippen LogP contribution in [0.3, 0.4) is 0 Å². The maximum absolute atomic E-state index is 12.7. The second-order valence-corrected chi connectivity index (χ2v) is 3.27. The fraction of sp³-hybridized carbons (Fsp3) is 0.333. The van der Waals surface area contributed by atoms with E-state index >= 15 is 0 Å². The third-order valence-corrected chi connectivity index (χ3v) is 1.93. The number of hydrogen-bond donors (Lipinski definition) is 2. The molecule has 17 heavy (non-hydrogen) atoms. The number of nitrogen functional groups attached to an aromatic ring is 1. The van der Waals surface area contributed by atoms with E-state index in [0.29, 0.717) is 12.1 Å². The van der Waals surface area contributed by atoms with Crippen LogP contribution in [0.2, 0.25) is 0 Å². The Morgan fingerprint density at radius 2 is 1.71 bits per heavy atom. The molecule has 0 radical (unpaired) electrons. The van der Waals surface area contributed by atoms with Crippen LogP contribution in [0, 0.1) is 11.6 Å². The van der Waals surface area contributed by atoms with Gasteiger partial charge in [0.2, 0.25) is 0 Å². The molecule has 3 N–H and O–H groups in total. The maximum atomic E-state index is 12.7. The van der Waals surface area contributed by atoms with Crippen LogP contribution in [0.5, 0.6) is 0 Å². The Kier molecular flexibility index (Phi) is 3.74. The third kappa shape index (κ3) is 3.18. The van der Waals surface area contributed by atoms with E-state index in [4.69, 9.17) is 5.73 Å². The van der Waals surface area contributed by atoms with E-state index in [1.54, 1.807) is 0 Å². The summed E-state index contributed by atoms with van der Waals surface area (Å²) < 4.78 is 74.0. The van der Waals surface area contributed by atoms with E-state index in [0.717, 1.165) is 0 Å². The van der Waals surface area contributed by atoms with Crippen molar-refractivity contribution in [3.05, 3.63) is 23.8 Å². The van der Waals surface area contributed by atoms with Crippen LogP contribution < -0.4 is 11.1 Å². The van der Waals surface area contributed by atoms with Crippen molar-refractivity contribution in [3.8, 4) is 0 Å². The molecular weight excluding hydrogens is 250 g/mol. The highest BCUT2D eigenvalue weighted by Crippen LogP contribution is 2.26. The van der Waals surface area contributed by atoms with E-state index in [2.05, 4.69) is 0 Å². The van der Waals surface area contributed by atoms with E-state index in [1.807, 2.05) is 5.32 Å². The summed E-state index contributed by atoms with van der Waals surface area (Å²) in [6.07, 6.45) is -3.86. The number of benzene rings is 1. The molecule has 0 saturated carbocycles. The summed E-state index contributed by atoms with van der Waals surface area (Å²) in [5, 5.41) is 1.84. The van der Waals surface area contributed by atoms with Gasteiger partial charge in [-0.1, -0.05) is 0 Å². The van der Waals surface area contributed by atoms with Gasteiger partial charge in [-0.25, -0.2) is 17.6 Å². The van der Waals surface area contributed by atoms with Gasteiger partial charge in [0.15, 0.2) is 11.6 Å². The van der Waals surface area contributed by atoms with Crippen LogP contribution in [0.25, 0.3) is 0 Å². The topological polar surface area (TPSA) is 38.0 Å². The minimum Gasteiger partial charge on any atom is -0.397 e. The SMILES string of the molecule is Nc1cc(F)c(F)cc1NCC(F)(F)C(F)F. The Morgan fingerprint density at radius 1 is 1.18 bits per heavy atom. The monoisotopic (exact) mass is 258 g/mol. The molecule has 0 atom stereocenters. The summed E-state index contributed by atoms with van der Waals surface area (Å²) in [7, 11) is 0. The lowest BCUT2D eigenvalue weighted by Gasteiger charge is -2.17. The van der Waals surface area contributed by atoms with Gasteiger partial charge in [0.1, 0.15) is 0 Å². The predicted molar refractivity (Wildman–Crippen MR) is 50.2 cm³/mol. The molecule has 0 aliphatic heterocycles. The maximum Gasteiger partial charge on any atom is 0.324 e. The van der Waals surface area contributed by atoms with Crippen molar-refractivity contribution in [1.82, 2.24) is 0 Å². The van der Waals surface area contributed by atoms with Crippen molar-refractivity contribution >= 4 is 11.4 Å². The summed E-state index contributed by atoms with van der Waals surface area (Å²) in [5.41, 5.74) is 4.47. The van der Waals surface area contributed by atoms with E-state index in [-0.39, 0.29) is 11.4 Å². The molecular formula is C9H8F6N2. The molecule has 0 unspecified atom stereocenters. The minimum absolute atomic E-state index is 0.353. The zero-order valence-electron chi connectivity index (χ0n) is 8.28. The highest BCUT2D eigenvalue weighted by atomic mass is 19.3. The highest BCUT2D eigenvalue weighted by Gasteiger charge is 2.40. The van der Waals surface area contributed by atoms with E-state index in [1.165, 1.54) is 0 Å². The van der Waals surface area contributed by atoms with Gasteiger partial charge in [0.05, 0.1) is 17.9 Å². The third-order valence-electron chi connectivity index (χ3n) is 1.93. The molecule has 96 valence electrons. The van der Waals surface area contributed by atoms with Gasteiger partial charge in [-0.15, -0.1) is 0 Å². The average molecular weight is 258 g/mol. The van der Waals surface area contributed by atoms with Crippen molar-refractivity contribution in [2.75, 3.05) is 17.6 Å². The molecule has 0 aromatic heterocycles. The number of rotatable bonds is 4. The zero-order chi connectivity index (χ0) is 13.2. The first-order chi connectivity index (χ1) is 7.74. The summed E-state index contributed by atoms with van der Waals surface area (Å²) in [6, 6.07) is 1.09. The summed E-state index contributed by atoms with van der Waals surface area (Å²) in [4.78, 5) is 0. The van der Waals surface area contributed by atoms with E-state index in [9.17, 15) is 26.3 Å². The van der Waals surface area contributed by atoms with Gasteiger partial charge < -0.3 is 11.1 Å². The first-order valence-electron chi connectivity index (χ1n) is 4.38. The van der Waals surface area contributed by atoms with Crippen molar-refractivity contribution in [2.45, 2.75) is 12.3 Å². The van der Waals surface area contributed by atoms with Crippen LogP contribution >= 0.6 is 0 Å². The Hall–Kier alpha value is -1.60. The molecule has 0 aliphatic rings. The molecule has 8 heteroatoms. The molecule has 0 aliphatic carbocycles. The molecule has 0 fully saturated rings. The number of nitrogens with one attached hydrogen (secondary N) is 1. The lowest BCUT2D eigenvalue weighted by Crippen LogP contribution is -2.35. The standard InChI is InChI=1S/C9H8F6N2/c10-4-1-6(16)7(2-5(4)11)17-3-9(14,15)8(12)13/h1-2,8,17H,3,16H2. The molecule has 1 aromatic rings. The first-order valence-corrected chi connectivity index (χ1v) is 4.38. The normalized spacial score (nSPS) is 11.9. The smallest absolute Gasteiger partial charge is 0.324 e. The van der Waals surface area contributed by atoms with Gasteiger partial charge in [0.25, 0.3) is 0 Å². The fourth-order valence-electron chi connectivity index (χ4n) is 1.01. The number of anilines is 2. The summed E-state index contributed by atoms with van der Waals surface area (Å²) in [6.45, 7) is -1.43.